The SMILES string of the molecule is Cc1cccc(C(=O)N(Cc2nc3nc(C)cc(C)n3n2)c2cccc(C)c2)c1. The highest BCUT2D eigenvalue weighted by molar-refractivity contribution is 6.06. The van der Waals surface area contributed by atoms with Crippen molar-refractivity contribution in [3.8, 4) is 0 Å². The molecule has 0 aliphatic carbocycles. The maximum Gasteiger partial charge on any atom is 0.258 e. The second kappa shape index (κ2) is 7.47. The van der Waals surface area contributed by atoms with Crippen LogP contribution in [0.25, 0.3) is 5.78 Å². The average Bonchev–Trinajstić information content (AvgIpc) is 3.08. The molecule has 6 nitrogen and oxygen atoms in total. The predicted molar refractivity (Wildman–Crippen MR) is 113 cm³/mol. The number of carbonyl (C=O) groups excluding carboxylic acids is 1. The van der Waals surface area contributed by atoms with E-state index < -0.39 is 0 Å². The number of hydrogen-bond acceptors (Lipinski definition) is 4. The summed E-state index contributed by atoms with van der Waals surface area (Å²) in [6, 6.07) is 17.5. The molecule has 0 N–H and O–H groups in total. The molecule has 0 aliphatic rings. The van der Waals surface area contributed by atoms with E-state index in [0.717, 1.165) is 28.2 Å². The van der Waals surface area contributed by atoms with Gasteiger partial charge in [-0.2, -0.15) is 4.98 Å². The summed E-state index contributed by atoms with van der Waals surface area (Å²) in [7, 11) is 0. The molecule has 0 saturated carbocycles. The summed E-state index contributed by atoms with van der Waals surface area (Å²) < 4.78 is 1.72. The Balaban J connectivity index is 1.76. The number of aryl methyl sites for hydroxylation is 4. The Labute approximate surface area is 169 Å². The minimum Gasteiger partial charge on any atom is -0.301 e. The normalized spacial score (nSPS) is 11.0. The largest absolute Gasteiger partial charge is 0.301 e. The minimum atomic E-state index is -0.0842. The van der Waals surface area contributed by atoms with Gasteiger partial charge < -0.3 is 4.90 Å². The van der Waals surface area contributed by atoms with Crippen LogP contribution in [0.15, 0.2) is 54.6 Å². The van der Waals surface area contributed by atoms with Crippen LogP contribution in [-0.2, 0) is 6.54 Å². The van der Waals surface area contributed by atoms with E-state index in [0.29, 0.717) is 17.2 Å². The van der Waals surface area contributed by atoms with Crippen LogP contribution in [0, 0.1) is 27.7 Å². The lowest BCUT2D eigenvalue weighted by atomic mass is 10.1. The average molecular weight is 385 g/mol. The molecule has 0 aliphatic heterocycles. The number of aromatic nitrogens is 4. The van der Waals surface area contributed by atoms with E-state index in [1.165, 1.54) is 0 Å². The van der Waals surface area contributed by atoms with Gasteiger partial charge in [0.2, 0.25) is 0 Å². The van der Waals surface area contributed by atoms with Crippen LogP contribution >= 0.6 is 0 Å². The number of benzene rings is 2. The highest BCUT2D eigenvalue weighted by Crippen LogP contribution is 2.21. The van der Waals surface area contributed by atoms with E-state index in [9.17, 15) is 4.79 Å². The zero-order chi connectivity index (χ0) is 20.5. The Morgan fingerprint density at radius 1 is 0.931 bits per heavy atom. The number of amides is 1. The molecule has 1 amide bonds. The first-order valence-electron chi connectivity index (χ1n) is 9.56. The van der Waals surface area contributed by atoms with Crippen LogP contribution in [0.4, 0.5) is 5.69 Å². The van der Waals surface area contributed by atoms with Gasteiger partial charge in [-0.3, -0.25) is 4.79 Å². The molecule has 0 bridgehead atoms. The van der Waals surface area contributed by atoms with Crippen LogP contribution in [0.5, 0.6) is 0 Å². The van der Waals surface area contributed by atoms with Crippen molar-refractivity contribution in [2.24, 2.45) is 0 Å². The Hall–Kier alpha value is -3.54. The molecule has 6 heteroatoms. The van der Waals surface area contributed by atoms with Gasteiger partial charge in [-0.15, -0.1) is 5.10 Å². The van der Waals surface area contributed by atoms with Crippen LogP contribution < -0.4 is 4.90 Å². The fourth-order valence-electron chi connectivity index (χ4n) is 3.43. The molecule has 0 saturated heterocycles. The van der Waals surface area contributed by atoms with Crippen molar-refractivity contribution in [2.45, 2.75) is 34.2 Å². The standard InChI is InChI=1S/C23H23N5O/c1-15-7-5-9-19(11-15)22(29)27(20-10-6-8-16(2)12-20)14-21-25-23-24-17(3)13-18(4)28(23)26-21/h5-13H,14H2,1-4H3. The van der Waals surface area contributed by atoms with E-state index in [1.807, 2.05) is 82.3 Å². The molecule has 0 unspecified atom stereocenters. The van der Waals surface area contributed by atoms with Gasteiger partial charge in [0, 0.05) is 22.6 Å². The second-order valence-electron chi connectivity index (χ2n) is 7.38. The molecule has 0 radical (unpaired) electrons. The third kappa shape index (κ3) is 3.87. The summed E-state index contributed by atoms with van der Waals surface area (Å²) in [5.74, 6) is 1.01. The lowest BCUT2D eigenvalue weighted by Crippen LogP contribution is -2.31. The smallest absolute Gasteiger partial charge is 0.258 e. The van der Waals surface area contributed by atoms with E-state index >= 15 is 0 Å². The van der Waals surface area contributed by atoms with Crippen LogP contribution in [-0.4, -0.2) is 25.5 Å². The van der Waals surface area contributed by atoms with Gasteiger partial charge in [0.1, 0.15) is 0 Å². The summed E-state index contributed by atoms with van der Waals surface area (Å²) in [6.45, 7) is 8.16. The molecule has 2 heterocycles. The Bertz CT molecular complexity index is 1210. The maximum absolute atomic E-state index is 13.4. The van der Waals surface area contributed by atoms with Crippen molar-refractivity contribution < 1.29 is 4.79 Å². The minimum absolute atomic E-state index is 0.0842. The van der Waals surface area contributed by atoms with Crippen LogP contribution in [0.1, 0.15) is 38.7 Å². The Morgan fingerprint density at radius 2 is 1.66 bits per heavy atom. The van der Waals surface area contributed by atoms with Crippen molar-refractivity contribution in [2.75, 3.05) is 4.90 Å². The number of rotatable bonds is 4. The predicted octanol–water partition coefficient (Wildman–Crippen LogP) is 4.20. The van der Waals surface area contributed by atoms with E-state index in [2.05, 4.69) is 15.1 Å². The van der Waals surface area contributed by atoms with Crippen molar-refractivity contribution >= 4 is 17.4 Å². The molecule has 2 aromatic carbocycles. The molecule has 146 valence electrons. The molecular formula is C23H23N5O. The quantitative estimate of drug-likeness (QED) is 0.528. The molecule has 4 rings (SSSR count). The number of carbonyl (C=O) groups is 1. The maximum atomic E-state index is 13.4. The molecule has 0 atom stereocenters. The first-order valence-corrected chi connectivity index (χ1v) is 9.56. The Kier molecular flexibility index (Phi) is 4.84. The first-order chi connectivity index (χ1) is 13.9. The van der Waals surface area contributed by atoms with E-state index in [4.69, 9.17) is 0 Å². The first kappa shape index (κ1) is 18.8. The van der Waals surface area contributed by atoms with Gasteiger partial charge in [-0.1, -0.05) is 29.8 Å². The van der Waals surface area contributed by atoms with E-state index in [1.54, 1.807) is 9.42 Å². The third-order valence-corrected chi connectivity index (χ3v) is 4.79. The van der Waals surface area contributed by atoms with Crippen molar-refractivity contribution in [3.05, 3.63) is 88.5 Å². The summed E-state index contributed by atoms with van der Waals surface area (Å²) in [6.07, 6.45) is 0. The van der Waals surface area contributed by atoms with Gasteiger partial charge in [0.15, 0.2) is 5.82 Å². The number of hydrogen-bond donors (Lipinski definition) is 0. The molecular weight excluding hydrogens is 362 g/mol. The third-order valence-electron chi connectivity index (χ3n) is 4.79. The molecule has 2 aromatic heterocycles. The fraction of sp³-hybridized carbons (Fsp3) is 0.217. The molecule has 0 spiro atoms. The summed E-state index contributed by atoms with van der Waals surface area (Å²) in [5.41, 5.74) is 5.43. The van der Waals surface area contributed by atoms with Crippen LogP contribution in [0.2, 0.25) is 0 Å². The highest BCUT2D eigenvalue weighted by atomic mass is 16.2. The van der Waals surface area contributed by atoms with E-state index in [-0.39, 0.29) is 12.5 Å². The molecule has 29 heavy (non-hydrogen) atoms. The van der Waals surface area contributed by atoms with Gasteiger partial charge in [-0.25, -0.2) is 9.50 Å². The number of fused-ring (bicyclic) bond motifs is 1. The van der Waals surface area contributed by atoms with Gasteiger partial charge in [-0.05, 0) is 63.6 Å². The number of anilines is 1. The van der Waals surface area contributed by atoms with Gasteiger partial charge in [0.25, 0.3) is 11.7 Å². The van der Waals surface area contributed by atoms with Crippen molar-refractivity contribution in [1.29, 1.82) is 0 Å². The molecule has 0 fully saturated rings. The Morgan fingerprint density at radius 3 is 2.38 bits per heavy atom. The zero-order valence-corrected chi connectivity index (χ0v) is 17.0. The fourth-order valence-corrected chi connectivity index (χ4v) is 3.43. The summed E-state index contributed by atoms with van der Waals surface area (Å²) >= 11 is 0. The lowest BCUT2D eigenvalue weighted by molar-refractivity contribution is 0.0984. The van der Waals surface area contributed by atoms with Gasteiger partial charge >= 0.3 is 0 Å². The summed E-state index contributed by atoms with van der Waals surface area (Å²) in [4.78, 5) is 24.1. The van der Waals surface area contributed by atoms with Crippen LogP contribution in [0.3, 0.4) is 0 Å². The number of nitrogens with zero attached hydrogens (tertiary/aromatic N) is 5. The zero-order valence-electron chi connectivity index (χ0n) is 17.0. The van der Waals surface area contributed by atoms with Gasteiger partial charge in [0.05, 0.1) is 6.54 Å². The monoisotopic (exact) mass is 385 g/mol. The summed E-state index contributed by atoms with van der Waals surface area (Å²) in [5, 5.41) is 4.58. The lowest BCUT2D eigenvalue weighted by Gasteiger charge is -2.22. The highest BCUT2D eigenvalue weighted by Gasteiger charge is 2.21. The topological polar surface area (TPSA) is 63.4 Å². The molecule has 4 aromatic rings. The van der Waals surface area contributed by atoms with Crippen molar-refractivity contribution in [3.63, 3.8) is 0 Å². The van der Waals surface area contributed by atoms with Crippen molar-refractivity contribution in [1.82, 2.24) is 19.6 Å². The second-order valence-corrected chi connectivity index (χ2v) is 7.38.